The van der Waals surface area contributed by atoms with Crippen molar-refractivity contribution < 1.29 is 4.79 Å². The molecule has 2 aromatic carbocycles. The number of aryl methyl sites for hydroxylation is 2. The van der Waals surface area contributed by atoms with E-state index in [0.717, 1.165) is 42.0 Å². The Kier molecular flexibility index (Phi) is 6.02. The molecule has 30 heavy (non-hydrogen) atoms. The fourth-order valence-corrected chi connectivity index (χ4v) is 3.70. The summed E-state index contributed by atoms with van der Waals surface area (Å²) >= 11 is 6.13. The van der Waals surface area contributed by atoms with Crippen LogP contribution in [0.25, 0.3) is 11.3 Å². The first-order chi connectivity index (χ1) is 14.5. The average Bonchev–Trinajstić information content (AvgIpc) is 3.22. The highest BCUT2D eigenvalue weighted by Gasteiger charge is 2.17. The summed E-state index contributed by atoms with van der Waals surface area (Å²) in [4.78, 5) is 14.5. The summed E-state index contributed by atoms with van der Waals surface area (Å²) in [5.41, 5.74) is 6.42. The third kappa shape index (κ3) is 4.81. The number of carbonyl (C=O) groups excluding carboxylic acids is 1. The standard InChI is InChI=1S/C24H25ClN4O/c1-17-3-7-22(8-4-17)29-15-20(14-26-29)19-9-11-28(12-10-19)16-24(30)27-21-6-5-18(2)23(25)13-21/h3-9,13-15H,10-12,16H2,1-2H3,(H,27,30). The number of amides is 1. The Balaban J connectivity index is 1.34. The van der Waals surface area contributed by atoms with Gasteiger partial charge in [0.2, 0.25) is 5.91 Å². The summed E-state index contributed by atoms with van der Waals surface area (Å²) in [6.07, 6.45) is 7.06. The van der Waals surface area contributed by atoms with Gasteiger partial charge in [-0.1, -0.05) is 41.4 Å². The summed E-state index contributed by atoms with van der Waals surface area (Å²) in [6.45, 7) is 5.96. The molecular weight excluding hydrogens is 396 g/mol. The molecule has 3 aromatic rings. The third-order valence-electron chi connectivity index (χ3n) is 5.37. The number of carbonyl (C=O) groups is 1. The number of halogens is 1. The lowest BCUT2D eigenvalue weighted by Crippen LogP contribution is -2.36. The molecule has 0 aliphatic carbocycles. The molecule has 0 saturated heterocycles. The van der Waals surface area contributed by atoms with Crippen LogP contribution in [0, 0.1) is 13.8 Å². The zero-order chi connectivity index (χ0) is 21.1. The van der Waals surface area contributed by atoms with Crippen molar-refractivity contribution in [2.75, 3.05) is 25.0 Å². The van der Waals surface area contributed by atoms with E-state index in [0.29, 0.717) is 11.6 Å². The molecule has 1 aliphatic rings. The molecule has 0 fully saturated rings. The molecule has 0 atom stereocenters. The van der Waals surface area contributed by atoms with Gasteiger partial charge in [0.05, 0.1) is 18.4 Å². The van der Waals surface area contributed by atoms with Gasteiger partial charge in [-0.25, -0.2) is 4.68 Å². The van der Waals surface area contributed by atoms with E-state index in [1.54, 1.807) is 6.07 Å². The lowest BCUT2D eigenvalue weighted by atomic mass is 10.0. The number of nitrogens with one attached hydrogen (secondary N) is 1. The number of aromatic nitrogens is 2. The lowest BCUT2D eigenvalue weighted by Gasteiger charge is -2.25. The van der Waals surface area contributed by atoms with Crippen LogP contribution in [-0.4, -0.2) is 40.2 Å². The van der Waals surface area contributed by atoms with Gasteiger partial charge in [0.25, 0.3) is 0 Å². The topological polar surface area (TPSA) is 50.2 Å². The predicted molar refractivity (Wildman–Crippen MR) is 122 cm³/mol. The first-order valence-corrected chi connectivity index (χ1v) is 10.5. The van der Waals surface area contributed by atoms with Crippen LogP contribution in [0.1, 0.15) is 23.1 Å². The number of hydrogen-bond acceptors (Lipinski definition) is 3. The molecule has 1 amide bonds. The Morgan fingerprint density at radius 2 is 1.97 bits per heavy atom. The monoisotopic (exact) mass is 420 g/mol. The fourth-order valence-electron chi connectivity index (χ4n) is 3.52. The van der Waals surface area contributed by atoms with E-state index in [1.165, 1.54) is 11.1 Å². The van der Waals surface area contributed by atoms with Crippen molar-refractivity contribution in [1.82, 2.24) is 14.7 Å². The summed E-state index contributed by atoms with van der Waals surface area (Å²) < 4.78 is 1.90. The van der Waals surface area contributed by atoms with Crippen LogP contribution in [0.2, 0.25) is 5.02 Å². The van der Waals surface area contributed by atoms with Gasteiger partial charge in [-0.3, -0.25) is 9.69 Å². The van der Waals surface area contributed by atoms with Gasteiger partial charge in [-0.15, -0.1) is 0 Å². The van der Waals surface area contributed by atoms with Gasteiger partial charge in [0, 0.05) is 35.6 Å². The molecule has 4 rings (SSSR count). The molecule has 1 N–H and O–H groups in total. The van der Waals surface area contributed by atoms with Gasteiger partial charge in [0.15, 0.2) is 0 Å². The second-order valence-corrected chi connectivity index (χ2v) is 8.14. The van der Waals surface area contributed by atoms with E-state index in [4.69, 9.17) is 11.6 Å². The first-order valence-electron chi connectivity index (χ1n) is 10.1. The Bertz CT molecular complexity index is 1080. The van der Waals surface area contributed by atoms with Crippen molar-refractivity contribution in [2.24, 2.45) is 0 Å². The van der Waals surface area contributed by atoms with Crippen molar-refractivity contribution in [2.45, 2.75) is 20.3 Å². The number of anilines is 1. The molecule has 0 saturated carbocycles. The van der Waals surface area contributed by atoms with Crippen LogP contribution in [0.5, 0.6) is 0 Å². The Hall–Kier alpha value is -2.89. The largest absolute Gasteiger partial charge is 0.325 e. The molecule has 2 heterocycles. The van der Waals surface area contributed by atoms with Gasteiger partial charge in [-0.05, 0) is 55.7 Å². The average molecular weight is 421 g/mol. The Labute approximate surface area is 182 Å². The number of benzene rings is 2. The van der Waals surface area contributed by atoms with E-state index in [-0.39, 0.29) is 5.91 Å². The van der Waals surface area contributed by atoms with Crippen molar-refractivity contribution in [3.63, 3.8) is 0 Å². The van der Waals surface area contributed by atoms with Gasteiger partial charge in [-0.2, -0.15) is 5.10 Å². The minimum absolute atomic E-state index is 0.0287. The predicted octanol–water partition coefficient (Wildman–Crippen LogP) is 4.87. The molecule has 5 nitrogen and oxygen atoms in total. The smallest absolute Gasteiger partial charge is 0.238 e. The zero-order valence-corrected chi connectivity index (χ0v) is 18.0. The third-order valence-corrected chi connectivity index (χ3v) is 5.78. The maximum atomic E-state index is 12.4. The van der Waals surface area contributed by atoms with Crippen LogP contribution in [0.4, 0.5) is 5.69 Å². The van der Waals surface area contributed by atoms with E-state index in [2.05, 4.69) is 58.8 Å². The molecule has 1 aromatic heterocycles. The molecule has 0 bridgehead atoms. The summed E-state index contributed by atoms with van der Waals surface area (Å²) in [5.74, 6) is -0.0287. The summed E-state index contributed by atoms with van der Waals surface area (Å²) in [5, 5.41) is 8.09. The maximum absolute atomic E-state index is 12.4. The van der Waals surface area contributed by atoms with Gasteiger partial charge >= 0.3 is 0 Å². The Morgan fingerprint density at radius 1 is 1.17 bits per heavy atom. The van der Waals surface area contributed by atoms with E-state index >= 15 is 0 Å². The van der Waals surface area contributed by atoms with Crippen LogP contribution >= 0.6 is 11.6 Å². The second kappa shape index (κ2) is 8.86. The molecule has 1 aliphatic heterocycles. The highest BCUT2D eigenvalue weighted by Crippen LogP contribution is 2.23. The first kappa shape index (κ1) is 20.4. The lowest BCUT2D eigenvalue weighted by molar-refractivity contribution is -0.117. The highest BCUT2D eigenvalue weighted by molar-refractivity contribution is 6.31. The maximum Gasteiger partial charge on any atom is 0.238 e. The quantitative estimate of drug-likeness (QED) is 0.640. The summed E-state index contributed by atoms with van der Waals surface area (Å²) in [6, 6.07) is 13.9. The fraction of sp³-hybridized carbons (Fsp3) is 0.250. The number of hydrogen-bond donors (Lipinski definition) is 1. The summed E-state index contributed by atoms with van der Waals surface area (Å²) in [7, 11) is 0. The van der Waals surface area contributed by atoms with Gasteiger partial charge in [0.1, 0.15) is 0 Å². The van der Waals surface area contributed by atoms with Crippen LogP contribution in [0.3, 0.4) is 0 Å². The SMILES string of the molecule is Cc1ccc(-n2cc(C3=CCN(CC(=O)Nc4ccc(C)c(Cl)c4)CC3)cn2)cc1. The number of rotatable bonds is 5. The number of nitrogens with zero attached hydrogens (tertiary/aromatic N) is 3. The molecule has 6 heteroatoms. The minimum atomic E-state index is -0.0287. The highest BCUT2D eigenvalue weighted by atomic mass is 35.5. The van der Waals surface area contributed by atoms with Crippen LogP contribution < -0.4 is 5.32 Å². The molecule has 154 valence electrons. The van der Waals surface area contributed by atoms with Crippen LogP contribution in [0.15, 0.2) is 60.9 Å². The van der Waals surface area contributed by atoms with Crippen LogP contribution in [-0.2, 0) is 4.79 Å². The van der Waals surface area contributed by atoms with Gasteiger partial charge < -0.3 is 5.32 Å². The molecular formula is C24H25ClN4O. The van der Waals surface area contributed by atoms with E-state index < -0.39 is 0 Å². The van der Waals surface area contributed by atoms with Crippen molar-refractivity contribution in [1.29, 1.82) is 0 Å². The molecule has 0 spiro atoms. The second-order valence-electron chi connectivity index (χ2n) is 7.74. The zero-order valence-electron chi connectivity index (χ0n) is 17.2. The van der Waals surface area contributed by atoms with Crippen molar-refractivity contribution in [3.05, 3.63) is 82.6 Å². The Morgan fingerprint density at radius 3 is 2.67 bits per heavy atom. The van der Waals surface area contributed by atoms with E-state index in [9.17, 15) is 4.79 Å². The molecule has 0 radical (unpaired) electrons. The van der Waals surface area contributed by atoms with E-state index in [1.807, 2.05) is 29.9 Å². The van der Waals surface area contributed by atoms with Crippen molar-refractivity contribution in [3.8, 4) is 5.69 Å². The molecule has 0 unspecified atom stereocenters. The minimum Gasteiger partial charge on any atom is -0.325 e. The normalized spacial score (nSPS) is 14.4. The van der Waals surface area contributed by atoms with Crippen molar-refractivity contribution >= 4 is 28.8 Å².